The average molecular weight is 536 g/mol. The van der Waals surface area contributed by atoms with E-state index in [-0.39, 0.29) is 6.54 Å². The molecule has 1 aromatic rings. The zero-order chi connectivity index (χ0) is 29.0. The van der Waals surface area contributed by atoms with Crippen molar-refractivity contribution >= 4 is 23.9 Å². The predicted octanol–water partition coefficient (Wildman–Crippen LogP) is 3.12. The van der Waals surface area contributed by atoms with E-state index < -0.39 is 54.2 Å². The summed E-state index contributed by atoms with van der Waals surface area (Å²) in [7, 11) is 1.22. The van der Waals surface area contributed by atoms with Gasteiger partial charge in [-0.05, 0) is 64.0 Å². The highest BCUT2D eigenvalue weighted by molar-refractivity contribution is 5.93. The number of rotatable bonds is 13. The largest absolute Gasteiger partial charge is 0.468 e. The van der Waals surface area contributed by atoms with Crippen LogP contribution in [-0.4, -0.2) is 71.8 Å². The highest BCUT2D eigenvalue weighted by atomic mass is 16.6. The van der Waals surface area contributed by atoms with Crippen LogP contribution in [0.5, 0.6) is 0 Å². The summed E-state index contributed by atoms with van der Waals surface area (Å²) in [5.41, 5.74) is 0.769. The summed E-state index contributed by atoms with van der Waals surface area (Å²) >= 11 is 0. The fourth-order valence-corrected chi connectivity index (χ4v) is 3.83. The van der Waals surface area contributed by atoms with Gasteiger partial charge >= 0.3 is 12.1 Å². The van der Waals surface area contributed by atoms with Crippen LogP contribution in [0.3, 0.4) is 0 Å². The van der Waals surface area contributed by atoms with Gasteiger partial charge in [0.1, 0.15) is 24.2 Å². The number of benzene rings is 1. The molecular formula is C28H45N3O7. The van der Waals surface area contributed by atoms with E-state index in [0.29, 0.717) is 17.9 Å². The number of methoxy groups -OCH3 is 1. The molecule has 0 aromatic heterocycles. The summed E-state index contributed by atoms with van der Waals surface area (Å²) in [4.78, 5) is 53.0. The Hall–Kier alpha value is -3.14. The van der Waals surface area contributed by atoms with Gasteiger partial charge in [-0.1, -0.05) is 45.0 Å². The lowest BCUT2D eigenvalue weighted by atomic mass is 9.96. The highest BCUT2D eigenvalue weighted by Crippen LogP contribution is 2.28. The molecule has 3 amide bonds. The van der Waals surface area contributed by atoms with Gasteiger partial charge in [-0.3, -0.25) is 14.4 Å². The number of aryl methyl sites for hydroxylation is 1. The average Bonchev–Trinajstić information content (AvgIpc) is 2.85. The number of hydrogen-bond acceptors (Lipinski definition) is 7. The van der Waals surface area contributed by atoms with Crippen molar-refractivity contribution in [2.45, 2.75) is 91.5 Å². The van der Waals surface area contributed by atoms with Crippen molar-refractivity contribution in [1.29, 1.82) is 0 Å². The first kappa shape index (κ1) is 32.9. The maximum atomic E-state index is 13.9. The summed E-state index contributed by atoms with van der Waals surface area (Å²) in [6.07, 6.45) is 1.28. The Labute approximate surface area is 226 Å². The molecule has 1 aromatic carbocycles. The number of ether oxygens (including phenoxy) is 2. The lowest BCUT2D eigenvalue weighted by Gasteiger charge is -2.38. The van der Waals surface area contributed by atoms with Crippen molar-refractivity contribution in [3.8, 4) is 0 Å². The lowest BCUT2D eigenvalue weighted by molar-refractivity contribution is -0.147. The van der Waals surface area contributed by atoms with Gasteiger partial charge < -0.3 is 30.1 Å². The molecule has 3 atom stereocenters. The fourth-order valence-electron chi connectivity index (χ4n) is 3.83. The van der Waals surface area contributed by atoms with Crippen LogP contribution in [0.4, 0.5) is 4.79 Å². The second-order valence-electron chi connectivity index (χ2n) is 10.7. The Balaban J connectivity index is 3.53. The summed E-state index contributed by atoms with van der Waals surface area (Å²) in [6.45, 7) is 11.9. The summed E-state index contributed by atoms with van der Waals surface area (Å²) in [6, 6.07) is 4.36. The van der Waals surface area contributed by atoms with Crippen LogP contribution in [0.2, 0.25) is 0 Å². The van der Waals surface area contributed by atoms with E-state index in [1.54, 1.807) is 32.9 Å². The zero-order valence-corrected chi connectivity index (χ0v) is 24.0. The minimum atomic E-state index is -1.35. The molecule has 0 aliphatic carbocycles. The van der Waals surface area contributed by atoms with Gasteiger partial charge in [0.05, 0.1) is 13.7 Å². The number of amides is 3. The molecular weight excluding hydrogens is 490 g/mol. The van der Waals surface area contributed by atoms with E-state index in [9.17, 15) is 24.3 Å². The van der Waals surface area contributed by atoms with Crippen LogP contribution >= 0.6 is 0 Å². The van der Waals surface area contributed by atoms with Crippen LogP contribution in [0, 0.1) is 5.92 Å². The lowest BCUT2D eigenvalue weighted by Crippen LogP contribution is -2.57. The Morgan fingerprint density at radius 3 is 2.11 bits per heavy atom. The van der Waals surface area contributed by atoms with Gasteiger partial charge in [-0.2, -0.15) is 0 Å². The SMILES string of the molecule is CCc1ccc(C(C(=O)NCC(=O)OC)N(C(=O)C(CO)NC(=O)OC(C)(C)C)C(C)CCC(C)C)cc1. The second kappa shape index (κ2) is 15.3. The summed E-state index contributed by atoms with van der Waals surface area (Å²) in [5, 5.41) is 15.1. The van der Waals surface area contributed by atoms with Crippen molar-refractivity contribution in [3.05, 3.63) is 35.4 Å². The molecule has 0 aliphatic rings. The molecule has 0 fully saturated rings. The van der Waals surface area contributed by atoms with Crippen LogP contribution < -0.4 is 10.6 Å². The monoisotopic (exact) mass is 535 g/mol. The third-order valence-electron chi connectivity index (χ3n) is 5.93. The topological polar surface area (TPSA) is 134 Å². The highest BCUT2D eigenvalue weighted by Gasteiger charge is 2.38. The summed E-state index contributed by atoms with van der Waals surface area (Å²) in [5.74, 6) is -1.52. The molecule has 0 saturated carbocycles. The number of nitrogens with zero attached hydrogens (tertiary/aromatic N) is 1. The zero-order valence-electron chi connectivity index (χ0n) is 24.0. The van der Waals surface area contributed by atoms with Crippen LogP contribution in [0.15, 0.2) is 24.3 Å². The summed E-state index contributed by atoms with van der Waals surface area (Å²) < 4.78 is 9.92. The molecule has 3 unspecified atom stereocenters. The van der Waals surface area contributed by atoms with Crippen LogP contribution in [0.1, 0.15) is 78.5 Å². The third-order valence-corrected chi connectivity index (χ3v) is 5.93. The number of alkyl carbamates (subject to hydrolysis) is 1. The van der Waals surface area contributed by atoms with Crippen molar-refractivity contribution in [3.63, 3.8) is 0 Å². The number of aliphatic hydroxyl groups excluding tert-OH is 1. The van der Waals surface area contributed by atoms with Gasteiger partial charge in [0.25, 0.3) is 0 Å². The Bertz CT molecular complexity index is 925. The van der Waals surface area contributed by atoms with Crippen molar-refractivity contribution in [2.24, 2.45) is 5.92 Å². The van der Waals surface area contributed by atoms with Gasteiger partial charge in [0, 0.05) is 6.04 Å². The smallest absolute Gasteiger partial charge is 0.408 e. The molecule has 0 saturated heterocycles. The second-order valence-corrected chi connectivity index (χ2v) is 10.7. The molecule has 0 heterocycles. The molecule has 38 heavy (non-hydrogen) atoms. The first-order valence-electron chi connectivity index (χ1n) is 13.1. The predicted molar refractivity (Wildman–Crippen MR) is 144 cm³/mol. The van der Waals surface area contributed by atoms with E-state index in [4.69, 9.17) is 4.74 Å². The number of esters is 1. The number of carbonyl (C=O) groups is 4. The molecule has 0 bridgehead atoms. The first-order valence-corrected chi connectivity index (χ1v) is 13.1. The molecule has 10 nitrogen and oxygen atoms in total. The van der Waals surface area contributed by atoms with Gasteiger partial charge in [0.15, 0.2) is 0 Å². The van der Waals surface area contributed by atoms with E-state index in [2.05, 4.69) is 29.2 Å². The first-order chi connectivity index (χ1) is 17.7. The maximum Gasteiger partial charge on any atom is 0.408 e. The third kappa shape index (κ3) is 10.7. The van der Waals surface area contributed by atoms with Crippen LogP contribution in [0.25, 0.3) is 0 Å². The van der Waals surface area contributed by atoms with Crippen molar-refractivity contribution in [1.82, 2.24) is 15.5 Å². The molecule has 0 radical (unpaired) electrons. The number of aliphatic hydroxyl groups is 1. The number of nitrogens with one attached hydrogen (secondary N) is 2. The molecule has 1 rings (SSSR count). The molecule has 0 aliphatic heterocycles. The van der Waals surface area contributed by atoms with Gasteiger partial charge in [0.2, 0.25) is 11.8 Å². The van der Waals surface area contributed by atoms with Gasteiger partial charge in [-0.25, -0.2) is 4.79 Å². The van der Waals surface area contributed by atoms with Gasteiger partial charge in [-0.15, -0.1) is 0 Å². The Kier molecular flexibility index (Phi) is 13.3. The minimum absolute atomic E-state index is 0.346. The van der Waals surface area contributed by atoms with Crippen molar-refractivity contribution in [2.75, 3.05) is 20.3 Å². The maximum absolute atomic E-state index is 13.9. The van der Waals surface area contributed by atoms with E-state index in [0.717, 1.165) is 18.4 Å². The standard InChI is InChI=1S/C28H45N3O7/c1-9-20-12-14-21(15-13-20)24(25(34)29-16-23(33)37-8)31(19(4)11-10-18(2)3)26(35)22(17-32)30-27(36)38-28(5,6)7/h12-15,18-19,22,24,32H,9-11,16-17H2,1-8H3,(H,29,34)(H,30,36). The fraction of sp³-hybridized carbons (Fsp3) is 0.643. The molecule has 214 valence electrons. The Morgan fingerprint density at radius 1 is 1.03 bits per heavy atom. The molecule has 3 N–H and O–H groups in total. The molecule has 0 spiro atoms. The quantitative estimate of drug-likeness (QED) is 0.330. The molecule has 10 heteroatoms. The Morgan fingerprint density at radius 2 is 1.63 bits per heavy atom. The van der Waals surface area contributed by atoms with E-state index in [1.165, 1.54) is 12.0 Å². The number of hydrogen-bond donors (Lipinski definition) is 3. The number of carbonyl (C=O) groups excluding carboxylic acids is 4. The van der Waals surface area contributed by atoms with E-state index in [1.807, 2.05) is 26.0 Å². The normalized spacial score (nSPS) is 13.7. The van der Waals surface area contributed by atoms with Crippen molar-refractivity contribution < 1.29 is 33.8 Å². The minimum Gasteiger partial charge on any atom is -0.468 e. The van der Waals surface area contributed by atoms with Crippen LogP contribution in [-0.2, 0) is 30.3 Å². The van der Waals surface area contributed by atoms with E-state index >= 15 is 0 Å².